The fraction of sp³-hybridized carbons (Fsp3) is 0.538. The van der Waals surface area contributed by atoms with Crippen molar-refractivity contribution in [2.24, 2.45) is 5.41 Å². The van der Waals surface area contributed by atoms with Gasteiger partial charge in [-0.3, -0.25) is 4.31 Å². The number of nitrogen functional groups attached to an aromatic ring is 1. The second-order valence-electron chi connectivity index (χ2n) is 5.99. The molecule has 2 N–H and O–H groups in total. The summed E-state index contributed by atoms with van der Waals surface area (Å²) in [5.74, 6) is 0.133. The Kier molecular flexibility index (Phi) is 3.05. The smallest absolute Gasteiger partial charge is 0.235 e. The van der Waals surface area contributed by atoms with E-state index in [0.29, 0.717) is 17.9 Å². The number of anilines is 2. The molecule has 1 aromatic carbocycles. The van der Waals surface area contributed by atoms with Crippen LogP contribution in [0, 0.1) is 5.41 Å². The molecule has 0 bridgehead atoms. The lowest BCUT2D eigenvalue weighted by atomic mass is 10.0. The minimum absolute atomic E-state index is 0.133. The number of nitrogens with two attached hydrogens (primary N) is 1. The van der Waals surface area contributed by atoms with Crippen molar-refractivity contribution >= 4 is 21.4 Å². The highest BCUT2D eigenvalue weighted by atomic mass is 32.2. The highest BCUT2D eigenvalue weighted by Crippen LogP contribution is 2.36. The van der Waals surface area contributed by atoms with Crippen LogP contribution in [0.4, 0.5) is 11.4 Å². The van der Waals surface area contributed by atoms with Crippen LogP contribution < -0.4 is 10.0 Å². The molecule has 18 heavy (non-hydrogen) atoms. The Hall–Kier alpha value is -1.23. The molecule has 4 nitrogen and oxygen atoms in total. The average Bonchev–Trinajstić information content (AvgIpc) is 2.59. The van der Waals surface area contributed by atoms with E-state index in [1.54, 1.807) is 6.07 Å². The van der Waals surface area contributed by atoms with Crippen LogP contribution in [0.2, 0.25) is 0 Å². The van der Waals surface area contributed by atoms with Gasteiger partial charge in [0.1, 0.15) is 0 Å². The molecule has 0 amide bonds. The Labute approximate surface area is 109 Å². The minimum atomic E-state index is -3.30. The van der Waals surface area contributed by atoms with Gasteiger partial charge < -0.3 is 5.73 Å². The molecular weight excluding hydrogens is 248 g/mol. The normalized spacial score (nSPS) is 15.8. The number of nitrogens with zero attached hydrogens (tertiary/aromatic N) is 1. The predicted molar refractivity (Wildman–Crippen MR) is 75.1 cm³/mol. The van der Waals surface area contributed by atoms with Gasteiger partial charge in [0, 0.05) is 6.54 Å². The van der Waals surface area contributed by atoms with Crippen molar-refractivity contribution in [2.75, 3.05) is 22.3 Å². The molecule has 1 heterocycles. The predicted octanol–water partition coefficient (Wildman–Crippen LogP) is 2.01. The van der Waals surface area contributed by atoms with E-state index in [4.69, 9.17) is 5.73 Å². The van der Waals surface area contributed by atoms with Gasteiger partial charge in [-0.25, -0.2) is 8.42 Å². The Morgan fingerprint density at radius 1 is 1.33 bits per heavy atom. The number of hydrogen-bond donors (Lipinski definition) is 1. The third kappa shape index (κ3) is 2.46. The van der Waals surface area contributed by atoms with Gasteiger partial charge in [0.05, 0.1) is 17.1 Å². The maximum absolute atomic E-state index is 12.4. The van der Waals surface area contributed by atoms with Crippen LogP contribution in [-0.2, 0) is 16.4 Å². The quantitative estimate of drug-likeness (QED) is 0.834. The molecule has 0 spiro atoms. The van der Waals surface area contributed by atoms with E-state index in [0.717, 1.165) is 12.0 Å². The van der Waals surface area contributed by atoms with E-state index in [9.17, 15) is 8.42 Å². The largest absolute Gasteiger partial charge is 0.397 e. The first-order valence-corrected chi connectivity index (χ1v) is 7.69. The standard InChI is InChI=1S/C13H20N2O2S/c1-13(2,3)9-18(16,17)15-8-7-10-5-4-6-11(14)12(10)15/h4-6H,7-9,14H2,1-3H3. The minimum Gasteiger partial charge on any atom is -0.397 e. The molecule has 2 rings (SSSR count). The van der Waals surface area contributed by atoms with E-state index in [1.807, 2.05) is 32.9 Å². The molecule has 0 saturated carbocycles. The molecule has 0 aromatic heterocycles. The molecule has 0 fully saturated rings. The molecule has 1 aliphatic rings. The first-order chi connectivity index (χ1) is 8.21. The van der Waals surface area contributed by atoms with Crippen molar-refractivity contribution in [2.45, 2.75) is 27.2 Å². The molecule has 1 aromatic rings. The number of fused-ring (bicyclic) bond motifs is 1. The number of para-hydroxylation sites is 1. The van der Waals surface area contributed by atoms with Crippen LogP contribution in [0.1, 0.15) is 26.3 Å². The van der Waals surface area contributed by atoms with E-state index < -0.39 is 10.0 Å². The summed E-state index contributed by atoms with van der Waals surface area (Å²) in [7, 11) is -3.30. The Bertz CT molecular complexity index is 559. The fourth-order valence-electron chi connectivity index (χ4n) is 2.35. The average molecular weight is 268 g/mol. The molecule has 100 valence electrons. The zero-order valence-corrected chi connectivity index (χ0v) is 11.9. The Morgan fingerprint density at radius 2 is 2.00 bits per heavy atom. The third-order valence-corrected chi connectivity index (χ3v) is 5.20. The fourth-order valence-corrected chi connectivity index (χ4v) is 4.47. The lowest BCUT2D eigenvalue weighted by molar-refractivity contribution is 0.461. The first-order valence-electron chi connectivity index (χ1n) is 6.08. The molecule has 5 heteroatoms. The van der Waals surface area contributed by atoms with Gasteiger partial charge in [-0.2, -0.15) is 0 Å². The second kappa shape index (κ2) is 4.16. The zero-order chi connectivity index (χ0) is 13.6. The summed E-state index contributed by atoms with van der Waals surface area (Å²) in [4.78, 5) is 0. The van der Waals surface area contributed by atoms with Crippen molar-refractivity contribution in [3.8, 4) is 0 Å². The van der Waals surface area contributed by atoms with Crippen molar-refractivity contribution in [3.63, 3.8) is 0 Å². The SMILES string of the molecule is CC(C)(C)CS(=O)(=O)N1CCc2cccc(N)c21. The van der Waals surface area contributed by atoms with Crippen LogP contribution in [0.25, 0.3) is 0 Å². The highest BCUT2D eigenvalue weighted by molar-refractivity contribution is 7.92. The number of hydrogen-bond acceptors (Lipinski definition) is 3. The Balaban J connectivity index is 2.40. The maximum Gasteiger partial charge on any atom is 0.235 e. The highest BCUT2D eigenvalue weighted by Gasteiger charge is 2.33. The summed E-state index contributed by atoms with van der Waals surface area (Å²) in [6.45, 7) is 6.28. The zero-order valence-electron chi connectivity index (χ0n) is 11.1. The lowest BCUT2D eigenvalue weighted by Gasteiger charge is -2.26. The molecule has 1 aliphatic heterocycles. The molecule has 0 unspecified atom stereocenters. The number of benzene rings is 1. The monoisotopic (exact) mass is 268 g/mol. The summed E-state index contributed by atoms with van der Waals surface area (Å²) >= 11 is 0. The van der Waals surface area contributed by atoms with E-state index in [-0.39, 0.29) is 11.2 Å². The second-order valence-corrected chi connectivity index (χ2v) is 7.89. The van der Waals surface area contributed by atoms with Crippen molar-refractivity contribution in [3.05, 3.63) is 23.8 Å². The topological polar surface area (TPSA) is 63.4 Å². The van der Waals surface area contributed by atoms with Crippen molar-refractivity contribution in [1.82, 2.24) is 0 Å². The van der Waals surface area contributed by atoms with Gasteiger partial charge in [-0.05, 0) is 23.5 Å². The van der Waals surface area contributed by atoms with Gasteiger partial charge in [0.25, 0.3) is 0 Å². The van der Waals surface area contributed by atoms with Gasteiger partial charge in [0.2, 0.25) is 10.0 Å². The molecular formula is C13H20N2O2S. The first kappa shape index (κ1) is 13.2. The third-order valence-electron chi connectivity index (χ3n) is 2.94. The van der Waals surface area contributed by atoms with Crippen LogP contribution in [-0.4, -0.2) is 20.7 Å². The summed E-state index contributed by atoms with van der Waals surface area (Å²) in [5, 5.41) is 0. The number of sulfonamides is 1. The summed E-state index contributed by atoms with van der Waals surface area (Å²) in [6, 6.07) is 5.57. The van der Waals surface area contributed by atoms with Gasteiger partial charge in [-0.1, -0.05) is 32.9 Å². The van der Waals surface area contributed by atoms with E-state index >= 15 is 0 Å². The van der Waals surface area contributed by atoms with Gasteiger partial charge in [0.15, 0.2) is 0 Å². The Morgan fingerprint density at radius 3 is 2.61 bits per heavy atom. The summed E-state index contributed by atoms with van der Waals surface area (Å²) in [5.41, 5.74) is 7.90. The summed E-state index contributed by atoms with van der Waals surface area (Å²) < 4.78 is 26.3. The van der Waals surface area contributed by atoms with Crippen molar-refractivity contribution in [1.29, 1.82) is 0 Å². The number of rotatable bonds is 2. The van der Waals surface area contributed by atoms with Crippen LogP contribution in [0.15, 0.2) is 18.2 Å². The van der Waals surface area contributed by atoms with Crippen molar-refractivity contribution < 1.29 is 8.42 Å². The maximum atomic E-state index is 12.4. The van der Waals surface area contributed by atoms with Crippen LogP contribution in [0.3, 0.4) is 0 Å². The molecule has 0 aliphatic carbocycles. The van der Waals surface area contributed by atoms with E-state index in [2.05, 4.69) is 0 Å². The summed E-state index contributed by atoms with van der Waals surface area (Å²) in [6.07, 6.45) is 0.740. The van der Waals surface area contributed by atoms with Crippen LogP contribution in [0.5, 0.6) is 0 Å². The van der Waals surface area contributed by atoms with Crippen LogP contribution >= 0.6 is 0 Å². The lowest BCUT2D eigenvalue weighted by Crippen LogP contribution is -2.36. The molecule has 0 radical (unpaired) electrons. The molecule has 0 saturated heterocycles. The van der Waals surface area contributed by atoms with E-state index in [1.165, 1.54) is 4.31 Å². The van der Waals surface area contributed by atoms with Gasteiger partial charge >= 0.3 is 0 Å². The van der Waals surface area contributed by atoms with Gasteiger partial charge in [-0.15, -0.1) is 0 Å². The molecule has 0 atom stereocenters.